The van der Waals surface area contributed by atoms with Crippen LogP contribution in [0, 0.1) is 0 Å². The fourth-order valence-electron chi connectivity index (χ4n) is 2.81. The van der Waals surface area contributed by atoms with E-state index in [1.54, 1.807) is 0 Å². The number of hydrogen-bond acceptors (Lipinski definition) is 4. The molecule has 1 spiro atoms. The zero-order chi connectivity index (χ0) is 10.3. The second-order valence-electron chi connectivity index (χ2n) is 5.02. The number of nitrogens with one attached hydrogen (secondary N) is 1. The summed E-state index contributed by atoms with van der Waals surface area (Å²) in [5.41, 5.74) is 0.126. The molecule has 2 saturated heterocycles. The van der Waals surface area contributed by atoms with Gasteiger partial charge in [-0.3, -0.25) is 0 Å². The van der Waals surface area contributed by atoms with Gasteiger partial charge in [-0.25, -0.2) is 0 Å². The van der Waals surface area contributed by atoms with Crippen LogP contribution in [0.5, 0.6) is 0 Å². The predicted molar refractivity (Wildman–Crippen MR) is 56.9 cm³/mol. The summed E-state index contributed by atoms with van der Waals surface area (Å²) in [6.07, 6.45) is 2.72. The summed E-state index contributed by atoms with van der Waals surface area (Å²) in [4.78, 5) is 2.35. The minimum absolute atomic E-state index is 0.126. The van der Waals surface area contributed by atoms with Crippen molar-refractivity contribution >= 4 is 0 Å². The van der Waals surface area contributed by atoms with Gasteiger partial charge in [0, 0.05) is 19.6 Å². The molecular formula is C11H20N2O2. The number of morpholine rings is 2. The highest BCUT2D eigenvalue weighted by molar-refractivity contribution is 5.10. The summed E-state index contributed by atoms with van der Waals surface area (Å²) in [5.74, 6) is 0. The highest BCUT2D eigenvalue weighted by Crippen LogP contribution is 2.45. The van der Waals surface area contributed by atoms with Crippen LogP contribution in [-0.2, 0) is 9.47 Å². The van der Waals surface area contributed by atoms with Crippen LogP contribution in [0.2, 0.25) is 0 Å². The standard InChI is InChI=1S/C11H20N2O2/c1-13-5-7-14-9(8-13)10-11(2-3-11)15-6-4-12-10/h9-10,12H,2-8H2,1H3. The maximum Gasteiger partial charge on any atom is 0.0883 e. The lowest BCUT2D eigenvalue weighted by Gasteiger charge is -2.41. The maximum atomic E-state index is 5.92. The van der Waals surface area contributed by atoms with Gasteiger partial charge in [0.15, 0.2) is 0 Å². The van der Waals surface area contributed by atoms with Gasteiger partial charge >= 0.3 is 0 Å². The van der Waals surface area contributed by atoms with Crippen LogP contribution < -0.4 is 5.32 Å². The third-order valence-corrected chi connectivity index (χ3v) is 3.83. The van der Waals surface area contributed by atoms with Gasteiger partial charge in [-0.15, -0.1) is 0 Å². The lowest BCUT2D eigenvalue weighted by molar-refractivity contribution is -0.106. The molecule has 2 atom stereocenters. The van der Waals surface area contributed by atoms with Gasteiger partial charge in [-0.1, -0.05) is 0 Å². The van der Waals surface area contributed by atoms with E-state index in [0.29, 0.717) is 12.1 Å². The Labute approximate surface area is 90.9 Å². The van der Waals surface area contributed by atoms with E-state index < -0.39 is 0 Å². The summed E-state index contributed by atoms with van der Waals surface area (Å²) >= 11 is 0. The molecule has 0 radical (unpaired) electrons. The van der Waals surface area contributed by atoms with Crippen LogP contribution in [0.15, 0.2) is 0 Å². The topological polar surface area (TPSA) is 33.7 Å². The SMILES string of the molecule is CN1CCOC(C2NCCOC23CC3)C1. The molecule has 3 rings (SSSR count). The summed E-state index contributed by atoms with van der Waals surface area (Å²) in [6.45, 7) is 4.77. The lowest BCUT2D eigenvalue weighted by atomic mass is 9.99. The van der Waals surface area contributed by atoms with Gasteiger partial charge < -0.3 is 19.7 Å². The Kier molecular flexibility index (Phi) is 2.47. The first-order chi connectivity index (χ1) is 7.30. The molecular weight excluding hydrogens is 192 g/mol. The molecule has 1 aliphatic carbocycles. The van der Waals surface area contributed by atoms with Gasteiger partial charge in [-0.2, -0.15) is 0 Å². The smallest absolute Gasteiger partial charge is 0.0883 e. The van der Waals surface area contributed by atoms with E-state index in [4.69, 9.17) is 9.47 Å². The first-order valence-corrected chi connectivity index (χ1v) is 5.98. The molecule has 0 aromatic rings. The Morgan fingerprint density at radius 1 is 1.33 bits per heavy atom. The predicted octanol–water partition coefficient (Wildman–Crippen LogP) is -0.162. The number of nitrogens with zero attached hydrogens (tertiary/aromatic N) is 1. The van der Waals surface area contributed by atoms with E-state index in [1.165, 1.54) is 12.8 Å². The maximum absolute atomic E-state index is 5.92. The monoisotopic (exact) mass is 212 g/mol. The van der Waals surface area contributed by atoms with Crippen molar-refractivity contribution in [2.75, 3.05) is 39.9 Å². The van der Waals surface area contributed by atoms with E-state index in [1.807, 2.05) is 0 Å². The largest absolute Gasteiger partial charge is 0.374 e. The van der Waals surface area contributed by atoms with Crippen molar-refractivity contribution in [3.63, 3.8) is 0 Å². The van der Waals surface area contributed by atoms with Crippen LogP contribution in [0.3, 0.4) is 0 Å². The Bertz CT molecular complexity index is 243. The minimum Gasteiger partial charge on any atom is -0.374 e. The molecule has 15 heavy (non-hydrogen) atoms. The average Bonchev–Trinajstić information content (AvgIpc) is 2.99. The third-order valence-electron chi connectivity index (χ3n) is 3.83. The average molecular weight is 212 g/mol. The number of ether oxygens (including phenoxy) is 2. The second-order valence-corrected chi connectivity index (χ2v) is 5.02. The van der Waals surface area contributed by atoms with E-state index in [0.717, 1.165) is 32.8 Å². The van der Waals surface area contributed by atoms with Crippen LogP contribution in [0.4, 0.5) is 0 Å². The lowest BCUT2D eigenvalue weighted by Crippen LogP contribution is -2.61. The third kappa shape index (κ3) is 1.80. The highest BCUT2D eigenvalue weighted by atomic mass is 16.5. The normalized spacial score (nSPS) is 40.6. The first-order valence-electron chi connectivity index (χ1n) is 5.98. The molecule has 3 fully saturated rings. The van der Waals surface area contributed by atoms with Crippen molar-refractivity contribution < 1.29 is 9.47 Å². The molecule has 0 amide bonds. The minimum atomic E-state index is 0.126. The van der Waals surface area contributed by atoms with Crippen molar-refractivity contribution in [3.05, 3.63) is 0 Å². The van der Waals surface area contributed by atoms with Crippen molar-refractivity contribution in [1.82, 2.24) is 10.2 Å². The van der Waals surface area contributed by atoms with Crippen molar-refractivity contribution in [1.29, 1.82) is 0 Å². The van der Waals surface area contributed by atoms with E-state index in [-0.39, 0.29) is 5.60 Å². The quantitative estimate of drug-likeness (QED) is 0.655. The molecule has 2 aliphatic heterocycles. The summed E-state index contributed by atoms with van der Waals surface area (Å²) < 4.78 is 11.8. The zero-order valence-corrected chi connectivity index (χ0v) is 9.37. The van der Waals surface area contributed by atoms with E-state index in [2.05, 4.69) is 17.3 Å². The Morgan fingerprint density at radius 2 is 2.20 bits per heavy atom. The highest BCUT2D eigenvalue weighted by Gasteiger charge is 2.55. The Balaban J connectivity index is 1.69. The second kappa shape index (κ2) is 3.70. The first kappa shape index (κ1) is 10.0. The summed E-state index contributed by atoms with van der Waals surface area (Å²) in [7, 11) is 2.17. The zero-order valence-electron chi connectivity index (χ0n) is 9.37. The van der Waals surface area contributed by atoms with Crippen LogP contribution in [-0.4, -0.2) is 62.5 Å². The molecule has 0 aromatic heterocycles. The van der Waals surface area contributed by atoms with E-state index >= 15 is 0 Å². The number of hydrogen-bond donors (Lipinski definition) is 1. The van der Waals surface area contributed by atoms with Crippen LogP contribution >= 0.6 is 0 Å². The van der Waals surface area contributed by atoms with Gasteiger partial charge in [0.2, 0.25) is 0 Å². The van der Waals surface area contributed by atoms with Gasteiger partial charge in [-0.05, 0) is 19.9 Å². The van der Waals surface area contributed by atoms with Crippen LogP contribution in [0.25, 0.3) is 0 Å². The molecule has 2 heterocycles. The Morgan fingerprint density at radius 3 is 2.93 bits per heavy atom. The van der Waals surface area contributed by atoms with Crippen molar-refractivity contribution in [3.8, 4) is 0 Å². The molecule has 4 nitrogen and oxygen atoms in total. The number of rotatable bonds is 1. The fourth-order valence-corrected chi connectivity index (χ4v) is 2.81. The van der Waals surface area contributed by atoms with Gasteiger partial charge in [0.25, 0.3) is 0 Å². The molecule has 3 aliphatic rings. The molecule has 2 unspecified atom stereocenters. The van der Waals surface area contributed by atoms with Crippen molar-refractivity contribution in [2.45, 2.75) is 30.6 Å². The molecule has 86 valence electrons. The van der Waals surface area contributed by atoms with Gasteiger partial charge in [0.05, 0.1) is 31.0 Å². The van der Waals surface area contributed by atoms with Crippen LogP contribution in [0.1, 0.15) is 12.8 Å². The molecule has 0 aromatic carbocycles. The molecule has 0 bridgehead atoms. The molecule has 4 heteroatoms. The molecule has 1 saturated carbocycles. The van der Waals surface area contributed by atoms with Gasteiger partial charge in [0.1, 0.15) is 0 Å². The fraction of sp³-hybridized carbons (Fsp3) is 1.00. The summed E-state index contributed by atoms with van der Waals surface area (Å²) in [5, 5.41) is 3.59. The Hall–Kier alpha value is -0.160. The molecule has 1 N–H and O–H groups in total. The number of likely N-dealkylation sites (N-methyl/N-ethyl adjacent to an activating group) is 1. The van der Waals surface area contributed by atoms with E-state index in [9.17, 15) is 0 Å². The van der Waals surface area contributed by atoms with Crippen molar-refractivity contribution in [2.24, 2.45) is 0 Å². The summed E-state index contributed by atoms with van der Waals surface area (Å²) in [6, 6.07) is 0.411.